The first-order valence-corrected chi connectivity index (χ1v) is 7.01. The molecule has 0 aromatic carbocycles. The summed E-state index contributed by atoms with van der Waals surface area (Å²) in [7, 11) is 0. The molecule has 1 aliphatic heterocycles. The molecule has 1 heterocycles. The average Bonchev–Trinajstić information content (AvgIpc) is 2.58. The van der Waals surface area contributed by atoms with E-state index >= 15 is 0 Å². The fraction of sp³-hybridized carbons (Fsp3) is 0.933. The number of aliphatic hydroxyl groups excluding tert-OH is 1. The van der Waals surface area contributed by atoms with E-state index < -0.39 is 12.4 Å². The Balaban J connectivity index is 2.72. The van der Waals surface area contributed by atoms with Gasteiger partial charge in [-0.1, -0.05) is 41.5 Å². The van der Waals surface area contributed by atoms with Crippen LogP contribution in [0.3, 0.4) is 0 Å². The number of carbonyl (C=O) groups is 1. The van der Waals surface area contributed by atoms with Crippen molar-refractivity contribution in [1.82, 2.24) is 0 Å². The molecule has 1 N–H and O–H groups in total. The fourth-order valence-electron chi connectivity index (χ4n) is 2.26. The molecular formula is C15H28O4. The Labute approximate surface area is 116 Å². The van der Waals surface area contributed by atoms with Gasteiger partial charge in [-0.05, 0) is 17.3 Å². The Kier molecular flexibility index (Phi) is 5.02. The molecule has 0 spiro atoms. The number of hydrogen-bond acceptors (Lipinski definition) is 4. The highest BCUT2D eigenvalue weighted by Crippen LogP contribution is 2.37. The van der Waals surface area contributed by atoms with Crippen molar-refractivity contribution in [3.63, 3.8) is 0 Å². The minimum atomic E-state index is -0.973. The van der Waals surface area contributed by atoms with Gasteiger partial charge in [0.05, 0.1) is 12.5 Å². The number of aliphatic hydroxyl groups is 1. The SMILES string of the molecule is CC(C)(C)CC(C(=O)OC1CCOC1O)C(C)(C)C. The highest BCUT2D eigenvalue weighted by Gasteiger charge is 2.39. The maximum absolute atomic E-state index is 12.4. The van der Waals surface area contributed by atoms with Gasteiger partial charge in [0, 0.05) is 6.42 Å². The lowest BCUT2D eigenvalue weighted by atomic mass is 9.72. The molecule has 0 saturated carbocycles. The second kappa shape index (κ2) is 5.80. The van der Waals surface area contributed by atoms with Crippen molar-refractivity contribution < 1.29 is 19.4 Å². The number of rotatable bonds is 3. The van der Waals surface area contributed by atoms with Gasteiger partial charge in [-0.2, -0.15) is 0 Å². The Morgan fingerprint density at radius 1 is 1.32 bits per heavy atom. The highest BCUT2D eigenvalue weighted by molar-refractivity contribution is 5.73. The van der Waals surface area contributed by atoms with Crippen molar-refractivity contribution in [1.29, 1.82) is 0 Å². The van der Waals surface area contributed by atoms with Crippen molar-refractivity contribution >= 4 is 5.97 Å². The molecule has 112 valence electrons. The molecule has 1 fully saturated rings. The summed E-state index contributed by atoms with van der Waals surface area (Å²) in [6, 6.07) is 0. The highest BCUT2D eigenvalue weighted by atomic mass is 16.7. The van der Waals surface area contributed by atoms with Gasteiger partial charge in [-0.25, -0.2) is 0 Å². The van der Waals surface area contributed by atoms with Gasteiger partial charge in [0.1, 0.15) is 0 Å². The summed E-state index contributed by atoms with van der Waals surface area (Å²) in [4.78, 5) is 12.4. The predicted molar refractivity (Wildman–Crippen MR) is 73.5 cm³/mol. The molecule has 4 nitrogen and oxygen atoms in total. The Morgan fingerprint density at radius 2 is 1.89 bits per heavy atom. The van der Waals surface area contributed by atoms with Crippen molar-refractivity contribution in [2.45, 2.75) is 66.8 Å². The van der Waals surface area contributed by atoms with Crippen LogP contribution < -0.4 is 0 Å². The van der Waals surface area contributed by atoms with Gasteiger partial charge in [0.25, 0.3) is 0 Å². The average molecular weight is 272 g/mol. The van der Waals surface area contributed by atoms with Crippen LogP contribution in [0.5, 0.6) is 0 Å². The van der Waals surface area contributed by atoms with Crippen LogP contribution in [0.4, 0.5) is 0 Å². The van der Waals surface area contributed by atoms with Crippen LogP contribution in [0.15, 0.2) is 0 Å². The minimum absolute atomic E-state index is 0.0573. The van der Waals surface area contributed by atoms with E-state index in [2.05, 4.69) is 20.8 Å². The quantitative estimate of drug-likeness (QED) is 0.803. The van der Waals surface area contributed by atoms with Crippen molar-refractivity contribution in [3.8, 4) is 0 Å². The van der Waals surface area contributed by atoms with Crippen LogP contribution in [-0.4, -0.2) is 30.1 Å². The number of ether oxygens (including phenoxy) is 2. The van der Waals surface area contributed by atoms with Gasteiger partial charge < -0.3 is 14.6 Å². The van der Waals surface area contributed by atoms with Crippen molar-refractivity contribution in [2.75, 3.05) is 6.61 Å². The lowest BCUT2D eigenvalue weighted by Gasteiger charge is -2.34. The van der Waals surface area contributed by atoms with Crippen LogP contribution in [0.1, 0.15) is 54.4 Å². The lowest BCUT2D eigenvalue weighted by Crippen LogP contribution is -2.37. The van der Waals surface area contributed by atoms with E-state index in [0.717, 1.165) is 6.42 Å². The third-order valence-corrected chi connectivity index (χ3v) is 3.42. The van der Waals surface area contributed by atoms with Crippen LogP contribution >= 0.6 is 0 Å². The maximum atomic E-state index is 12.4. The third-order valence-electron chi connectivity index (χ3n) is 3.42. The standard InChI is InChI=1S/C15H28O4/c1-14(2,3)9-10(15(4,5)6)12(16)19-11-7-8-18-13(11)17/h10-11,13,17H,7-9H2,1-6H3. The predicted octanol–water partition coefficient (Wildman–Crippen LogP) is 2.74. The molecule has 19 heavy (non-hydrogen) atoms. The molecule has 3 atom stereocenters. The summed E-state index contributed by atoms with van der Waals surface area (Å²) in [6.45, 7) is 12.9. The fourth-order valence-corrected chi connectivity index (χ4v) is 2.26. The van der Waals surface area contributed by atoms with E-state index in [9.17, 15) is 9.90 Å². The van der Waals surface area contributed by atoms with Crippen LogP contribution in [-0.2, 0) is 14.3 Å². The number of carbonyl (C=O) groups excluding carboxylic acids is 1. The van der Waals surface area contributed by atoms with Gasteiger partial charge in [0.2, 0.25) is 0 Å². The zero-order valence-electron chi connectivity index (χ0n) is 13.0. The summed E-state index contributed by atoms with van der Waals surface area (Å²) in [5.41, 5.74) is -0.101. The molecule has 0 aliphatic carbocycles. The molecule has 1 saturated heterocycles. The summed E-state index contributed by atoms with van der Waals surface area (Å²) in [5.74, 6) is -0.405. The van der Waals surface area contributed by atoms with E-state index in [1.807, 2.05) is 20.8 Å². The molecule has 1 rings (SSSR count). The van der Waals surface area contributed by atoms with Crippen LogP contribution in [0.25, 0.3) is 0 Å². The van der Waals surface area contributed by atoms with Crippen LogP contribution in [0.2, 0.25) is 0 Å². The lowest BCUT2D eigenvalue weighted by molar-refractivity contribution is -0.175. The van der Waals surface area contributed by atoms with E-state index in [4.69, 9.17) is 9.47 Å². The van der Waals surface area contributed by atoms with E-state index in [0.29, 0.717) is 13.0 Å². The zero-order chi connectivity index (χ0) is 14.8. The Bertz CT molecular complexity index is 311. The first-order valence-electron chi connectivity index (χ1n) is 7.01. The second-order valence-electron chi connectivity index (χ2n) is 7.71. The normalized spacial score (nSPS) is 26.3. The summed E-state index contributed by atoms with van der Waals surface area (Å²) in [6.07, 6.45) is -0.158. The van der Waals surface area contributed by atoms with Crippen molar-refractivity contribution in [2.24, 2.45) is 16.7 Å². The topological polar surface area (TPSA) is 55.8 Å². The van der Waals surface area contributed by atoms with E-state index in [1.165, 1.54) is 0 Å². The maximum Gasteiger partial charge on any atom is 0.309 e. The minimum Gasteiger partial charge on any atom is -0.457 e. The molecular weight excluding hydrogens is 244 g/mol. The van der Waals surface area contributed by atoms with Crippen LogP contribution in [0, 0.1) is 16.7 Å². The first-order chi connectivity index (χ1) is 8.50. The first kappa shape index (κ1) is 16.4. The van der Waals surface area contributed by atoms with E-state index in [1.54, 1.807) is 0 Å². The molecule has 0 aromatic heterocycles. The molecule has 0 amide bonds. The third kappa shape index (κ3) is 5.11. The Morgan fingerprint density at radius 3 is 2.26 bits per heavy atom. The van der Waals surface area contributed by atoms with Gasteiger partial charge >= 0.3 is 5.97 Å². The largest absolute Gasteiger partial charge is 0.457 e. The second-order valence-corrected chi connectivity index (χ2v) is 7.71. The van der Waals surface area contributed by atoms with E-state index in [-0.39, 0.29) is 22.7 Å². The van der Waals surface area contributed by atoms with Gasteiger partial charge in [-0.3, -0.25) is 4.79 Å². The summed E-state index contributed by atoms with van der Waals surface area (Å²) < 4.78 is 10.5. The molecule has 3 unspecified atom stereocenters. The monoisotopic (exact) mass is 272 g/mol. The zero-order valence-corrected chi connectivity index (χ0v) is 13.0. The van der Waals surface area contributed by atoms with Crippen molar-refractivity contribution in [3.05, 3.63) is 0 Å². The number of esters is 1. The summed E-state index contributed by atoms with van der Waals surface area (Å²) in [5, 5.41) is 9.56. The Hall–Kier alpha value is -0.610. The van der Waals surface area contributed by atoms with Gasteiger partial charge in [-0.15, -0.1) is 0 Å². The molecule has 0 radical (unpaired) electrons. The molecule has 0 bridgehead atoms. The smallest absolute Gasteiger partial charge is 0.309 e. The molecule has 4 heteroatoms. The molecule has 0 aromatic rings. The van der Waals surface area contributed by atoms with Gasteiger partial charge in [0.15, 0.2) is 12.4 Å². The molecule has 1 aliphatic rings. The number of hydrogen-bond donors (Lipinski definition) is 1. The summed E-state index contributed by atoms with van der Waals surface area (Å²) >= 11 is 0.